The molecule has 0 unspecified atom stereocenters. The smallest absolute Gasteiger partial charge is 0.149 e. The van der Waals surface area contributed by atoms with Gasteiger partial charge in [-0.05, 0) is 63.9 Å². The van der Waals surface area contributed by atoms with Gasteiger partial charge in [0.25, 0.3) is 0 Å². The summed E-state index contributed by atoms with van der Waals surface area (Å²) in [6.45, 7) is 5.42. The van der Waals surface area contributed by atoms with Crippen molar-refractivity contribution in [3.05, 3.63) is 65.9 Å². The first kappa shape index (κ1) is 18.4. The average molecular weight is 376 g/mol. The number of pyridine rings is 3. The predicted molar refractivity (Wildman–Crippen MR) is 108 cm³/mol. The third-order valence-electron chi connectivity index (χ3n) is 4.61. The summed E-state index contributed by atoms with van der Waals surface area (Å²) >= 11 is 0. The average Bonchev–Trinajstić information content (AvgIpc) is 3.48. The fourth-order valence-corrected chi connectivity index (χ4v) is 2.96. The minimum atomic E-state index is -1.01. The van der Waals surface area contributed by atoms with E-state index >= 15 is 0 Å². The summed E-state index contributed by atoms with van der Waals surface area (Å²) in [7, 11) is 0. The lowest BCUT2D eigenvalue weighted by Gasteiger charge is -2.17. The standard InChI is InChI=1S/C22H24N4O2/c1-14-4-7-18(21(25-14)15-5-6-15)28-17-9-11-24-20(13-17)26-16-8-10-23-19(12-16)22(2,3)27/h4,7-13,15,27H,5-6H2,1-3H3,(H,23,24,26). The van der Waals surface area contributed by atoms with Gasteiger partial charge in [0.15, 0.2) is 0 Å². The first-order chi connectivity index (χ1) is 13.4. The Morgan fingerprint density at radius 3 is 2.61 bits per heavy atom. The molecule has 0 aliphatic heterocycles. The largest absolute Gasteiger partial charge is 0.455 e. The number of nitrogens with one attached hydrogen (secondary N) is 1. The van der Waals surface area contributed by atoms with Gasteiger partial charge in [0.1, 0.15) is 22.9 Å². The first-order valence-corrected chi connectivity index (χ1v) is 9.46. The molecule has 1 aliphatic rings. The first-order valence-electron chi connectivity index (χ1n) is 9.46. The Morgan fingerprint density at radius 1 is 1.07 bits per heavy atom. The molecule has 0 atom stereocenters. The molecule has 0 spiro atoms. The fourth-order valence-electron chi connectivity index (χ4n) is 2.96. The highest BCUT2D eigenvalue weighted by Crippen LogP contribution is 2.44. The molecule has 0 saturated heterocycles. The molecule has 0 radical (unpaired) electrons. The van der Waals surface area contributed by atoms with Crippen LogP contribution in [0.5, 0.6) is 11.5 Å². The molecule has 3 heterocycles. The molecule has 1 saturated carbocycles. The number of aryl methyl sites for hydroxylation is 1. The lowest BCUT2D eigenvalue weighted by molar-refractivity contribution is 0.0739. The lowest BCUT2D eigenvalue weighted by atomic mass is 10.0. The van der Waals surface area contributed by atoms with Crippen LogP contribution < -0.4 is 10.1 Å². The van der Waals surface area contributed by atoms with Gasteiger partial charge in [0, 0.05) is 35.8 Å². The lowest BCUT2D eigenvalue weighted by Crippen LogP contribution is -2.17. The van der Waals surface area contributed by atoms with E-state index in [1.165, 1.54) is 12.8 Å². The number of rotatable bonds is 6. The van der Waals surface area contributed by atoms with E-state index in [9.17, 15) is 5.11 Å². The van der Waals surface area contributed by atoms with E-state index in [-0.39, 0.29) is 0 Å². The second kappa shape index (κ2) is 7.20. The van der Waals surface area contributed by atoms with Gasteiger partial charge in [-0.2, -0.15) is 0 Å². The van der Waals surface area contributed by atoms with Crippen LogP contribution in [-0.4, -0.2) is 20.1 Å². The van der Waals surface area contributed by atoms with E-state index in [4.69, 9.17) is 4.74 Å². The number of hydrogen-bond donors (Lipinski definition) is 2. The third-order valence-corrected chi connectivity index (χ3v) is 4.61. The number of hydrogen-bond acceptors (Lipinski definition) is 6. The van der Waals surface area contributed by atoms with Crippen molar-refractivity contribution >= 4 is 11.5 Å². The Hall–Kier alpha value is -2.99. The van der Waals surface area contributed by atoms with Crippen molar-refractivity contribution < 1.29 is 9.84 Å². The van der Waals surface area contributed by atoms with Crippen LogP contribution in [0.25, 0.3) is 0 Å². The van der Waals surface area contributed by atoms with Gasteiger partial charge in [0.2, 0.25) is 0 Å². The number of nitrogens with zero attached hydrogens (tertiary/aromatic N) is 3. The van der Waals surface area contributed by atoms with Gasteiger partial charge in [0.05, 0.1) is 11.4 Å². The zero-order valence-electron chi connectivity index (χ0n) is 16.3. The number of anilines is 2. The van der Waals surface area contributed by atoms with Crippen LogP contribution in [0.3, 0.4) is 0 Å². The van der Waals surface area contributed by atoms with Crippen LogP contribution in [0, 0.1) is 6.92 Å². The van der Waals surface area contributed by atoms with Crippen molar-refractivity contribution in [2.45, 2.75) is 45.1 Å². The summed E-state index contributed by atoms with van der Waals surface area (Å²) in [6, 6.07) is 11.3. The van der Waals surface area contributed by atoms with Crippen LogP contribution in [0.1, 0.15) is 49.7 Å². The normalized spacial score (nSPS) is 14.0. The van der Waals surface area contributed by atoms with Crippen LogP contribution in [0.2, 0.25) is 0 Å². The quantitative estimate of drug-likeness (QED) is 0.642. The van der Waals surface area contributed by atoms with Crippen molar-refractivity contribution in [1.29, 1.82) is 0 Å². The van der Waals surface area contributed by atoms with E-state index in [0.29, 0.717) is 23.2 Å². The molecule has 0 amide bonds. The van der Waals surface area contributed by atoms with Crippen LogP contribution in [0.15, 0.2) is 48.8 Å². The van der Waals surface area contributed by atoms with Gasteiger partial charge in [-0.1, -0.05) is 0 Å². The number of aromatic nitrogens is 3. The van der Waals surface area contributed by atoms with E-state index in [0.717, 1.165) is 22.8 Å². The van der Waals surface area contributed by atoms with E-state index < -0.39 is 5.60 Å². The van der Waals surface area contributed by atoms with Crippen molar-refractivity contribution in [3.63, 3.8) is 0 Å². The van der Waals surface area contributed by atoms with E-state index in [1.54, 1.807) is 26.2 Å². The molecule has 0 bridgehead atoms. The van der Waals surface area contributed by atoms with E-state index in [2.05, 4.69) is 20.3 Å². The second-order valence-electron chi connectivity index (χ2n) is 7.70. The summed E-state index contributed by atoms with van der Waals surface area (Å²) < 4.78 is 6.13. The Kier molecular flexibility index (Phi) is 4.73. The highest BCUT2D eigenvalue weighted by Gasteiger charge is 2.28. The topological polar surface area (TPSA) is 80.2 Å². The molecular formula is C22H24N4O2. The molecule has 28 heavy (non-hydrogen) atoms. The van der Waals surface area contributed by atoms with Gasteiger partial charge >= 0.3 is 0 Å². The van der Waals surface area contributed by atoms with Gasteiger partial charge < -0.3 is 15.2 Å². The maximum atomic E-state index is 10.2. The molecule has 0 aromatic carbocycles. The molecular weight excluding hydrogens is 352 g/mol. The second-order valence-corrected chi connectivity index (χ2v) is 7.70. The van der Waals surface area contributed by atoms with E-state index in [1.807, 2.05) is 43.3 Å². The summed E-state index contributed by atoms with van der Waals surface area (Å²) in [4.78, 5) is 13.3. The molecule has 2 N–H and O–H groups in total. The molecule has 144 valence electrons. The minimum Gasteiger partial charge on any atom is -0.455 e. The SMILES string of the molecule is Cc1ccc(Oc2ccnc(Nc3ccnc(C(C)(C)O)c3)c2)c(C2CC2)n1. The van der Waals surface area contributed by atoms with Gasteiger partial charge in [-0.25, -0.2) is 4.98 Å². The van der Waals surface area contributed by atoms with Crippen molar-refractivity contribution in [1.82, 2.24) is 15.0 Å². The fraction of sp³-hybridized carbons (Fsp3) is 0.318. The maximum Gasteiger partial charge on any atom is 0.149 e. The molecule has 1 fully saturated rings. The third kappa shape index (κ3) is 4.28. The van der Waals surface area contributed by atoms with Crippen LogP contribution >= 0.6 is 0 Å². The summed E-state index contributed by atoms with van der Waals surface area (Å²) in [5, 5.41) is 13.4. The Morgan fingerprint density at radius 2 is 1.86 bits per heavy atom. The number of ether oxygens (including phenoxy) is 1. The summed E-state index contributed by atoms with van der Waals surface area (Å²) in [5.74, 6) is 2.66. The van der Waals surface area contributed by atoms with Gasteiger partial charge in [-0.3, -0.25) is 9.97 Å². The van der Waals surface area contributed by atoms with Crippen LogP contribution in [0.4, 0.5) is 11.5 Å². The van der Waals surface area contributed by atoms with Gasteiger partial charge in [-0.15, -0.1) is 0 Å². The highest BCUT2D eigenvalue weighted by atomic mass is 16.5. The molecule has 6 nitrogen and oxygen atoms in total. The molecule has 1 aliphatic carbocycles. The molecule has 3 aromatic heterocycles. The minimum absolute atomic E-state index is 0.506. The monoisotopic (exact) mass is 376 g/mol. The Labute approximate surface area is 164 Å². The zero-order valence-corrected chi connectivity index (χ0v) is 16.3. The highest BCUT2D eigenvalue weighted by molar-refractivity contribution is 5.58. The van der Waals surface area contributed by atoms with Crippen molar-refractivity contribution in [2.24, 2.45) is 0 Å². The predicted octanol–water partition coefficient (Wildman–Crippen LogP) is 4.82. The Balaban J connectivity index is 1.54. The summed E-state index contributed by atoms with van der Waals surface area (Å²) in [5.41, 5.74) is 2.42. The molecule has 4 rings (SSSR count). The molecule has 3 aromatic rings. The summed E-state index contributed by atoms with van der Waals surface area (Å²) in [6.07, 6.45) is 5.70. The number of aliphatic hydroxyl groups is 1. The maximum absolute atomic E-state index is 10.2. The zero-order chi connectivity index (χ0) is 19.7. The Bertz CT molecular complexity index is 994. The van der Waals surface area contributed by atoms with Crippen LogP contribution in [-0.2, 0) is 5.60 Å². The van der Waals surface area contributed by atoms with Crippen molar-refractivity contribution in [2.75, 3.05) is 5.32 Å². The molecule has 6 heteroatoms. The van der Waals surface area contributed by atoms with Crippen molar-refractivity contribution in [3.8, 4) is 11.5 Å².